The Hall–Kier alpha value is -4.43. The quantitative estimate of drug-likeness (QED) is 0.250. The normalized spacial score (nSPS) is 11.9. The van der Waals surface area contributed by atoms with Crippen molar-refractivity contribution in [3.63, 3.8) is 0 Å². The first kappa shape index (κ1) is 30.5. The smallest absolute Gasteiger partial charge is 0.264 e. The molecule has 0 aliphatic rings. The number of likely N-dealkylation sites (N-methyl/N-ethyl adjacent to an activating group) is 1. The summed E-state index contributed by atoms with van der Waals surface area (Å²) in [5, 5.41) is 2.71. The number of rotatable bonds is 12. The predicted molar refractivity (Wildman–Crippen MR) is 167 cm³/mol. The van der Waals surface area contributed by atoms with Gasteiger partial charge in [0.1, 0.15) is 12.6 Å². The first-order valence-electron chi connectivity index (χ1n) is 14.0. The third kappa shape index (κ3) is 7.25. The summed E-state index contributed by atoms with van der Waals surface area (Å²) in [5.41, 5.74) is 3.87. The number of sulfonamides is 1. The van der Waals surface area contributed by atoms with Crippen LogP contribution in [-0.4, -0.2) is 44.8 Å². The summed E-state index contributed by atoms with van der Waals surface area (Å²) in [6.07, 6.45) is 0.849. The largest absolute Gasteiger partial charge is 0.357 e. The van der Waals surface area contributed by atoms with E-state index in [0.29, 0.717) is 12.1 Å². The maximum absolute atomic E-state index is 14.4. The van der Waals surface area contributed by atoms with Gasteiger partial charge in [-0.25, -0.2) is 8.42 Å². The van der Waals surface area contributed by atoms with Crippen LogP contribution in [0.4, 0.5) is 5.69 Å². The van der Waals surface area contributed by atoms with Crippen LogP contribution < -0.4 is 9.62 Å². The van der Waals surface area contributed by atoms with Gasteiger partial charge in [0.15, 0.2) is 0 Å². The lowest BCUT2D eigenvalue weighted by Gasteiger charge is -2.34. The van der Waals surface area contributed by atoms with Crippen molar-refractivity contribution in [2.75, 3.05) is 17.9 Å². The van der Waals surface area contributed by atoms with E-state index in [0.717, 1.165) is 22.3 Å². The van der Waals surface area contributed by atoms with Gasteiger partial charge in [0.2, 0.25) is 11.8 Å². The molecule has 0 saturated carbocycles. The topological polar surface area (TPSA) is 86.8 Å². The Bertz CT molecular complexity index is 1590. The maximum atomic E-state index is 14.4. The average molecular weight is 584 g/mol. The molecule has 42 heavy (non-hydrogen) atoms. The number of nitrogens with zero attached hydrogens (tertiary/aromatic N) is 2. The number of hydrogen-bond donors (Lipinski definition) is 1. The highest BCUT2D eigenvalue weighted by Gasteiger charge is 2.34. The second-order valence-electron chi connectivity index (χ2n) is 10.1. The van der Waals surface area contributed by atoms with Crippen LogP contribution in [0.25, 0.3) is 0 Å². The molecule has 1 N–H and O–H groups in total. The zero-order valence-corrected chi connectivity index (χ0v) is 25.1. The van der Waals surface area contributed by atoms with Crippen molar-refractivity contribution in [1.82, 2.24) is 10.2 Å². The number of anilines is 1. The molecule has 0 saturated heterocycles. The zero-order chi connectivity index (χ0) is 30.1. The van der Waals surface area contributed by atoms with Crippen LogP contribution in [0.5, 0.6) is 0 Å². The van der Waals surface area contributed by atoms with Gasteiger partial charge in [0, 0.05) is 20.0 Å². The number of nitrogens with one attached hydrogen (secondary N) is 1. The van der Waals surface area contributed by atoms with Gasteiger partial charge < -0.3 is 10.2 Å². The van der Waals surface area contributed by atoms with Gasteiger partial charge in [-0.15, -0.1) is 0 Å². The summed E-state index contributed by atoms with van der Waals surface area (Å²) in [6.45, 7) is 3.50. The zero-order valence-electron chi connectivity index (χ0n) is 24.2. The van der Waals surface area contributed by atoms with Crippen LogP contribution in [0.2, 0.25) is 0 Å². The van der Waals surface area contributed by atoms with Gasteiger partial charge >= 0.3 is 0 Å². The molecular formula is C34H37N3O4S. The summed E-state index contributed by atoms with van der Waals surface area (Å²) >= 11 is 0. The highest BCUT2D eigenvalue weighted by atomic mass is 32.2. The van der Waals surface area contributed by atoms with Gasteiger partial charge in [-0.2, -0.15) is 0 Å². The van der Waals surface area contributed by atoms with Crippen LogP contribution in [0.3, 0.4) is 0 Å². The molecule has 0 heterocycles. The van der Waals surface area contributed by atoms with Gasteiger partial charge in [-0.1, -0.05) is 103 Å². The minimum Gasteiger partial charge on any atom is -0.357 e. The van der Waals surface area contributed by atoms with Gasteiger partial charge in [0.25, 0.3) is 10.0 Å². The number of para-hydroxylation sites is 1. The SMILES string of the molecule is CCc1ccccc1N(CC(=O)N(Cc1ccccc1)[C@@H](Cc1ccccc1)C(=O)NC)S(=O)(=O)c1ccc(C)cc1. The average Bonchev–Trinajstić information content (AvgIpc) is 3.02. The number of hydrogen-bond acceptors (Lipinski definition) is 4. The molecular weight excluding hydrogens is 546 g/mol. The molecule has 218 valence electrons. The first-order valence-corrected chi connectivity index (χ1v) is 15.4. The van der Waals surface area contributed by atoms with E-state index in [1.807, 2.05) is 86.6 Å². The maximum Gasteiger partial charge on any atom is 0.264 e. The Kier molecular flexibility index (Phi) is 10.1. The van der Waals surface area contributed by atoms with Crippen molar-refractivity contribution >= 4 is 27.5 Å². The minimum absolute atomic E-state index is 0.0913. The molecule has 0 aliphatic carbocycles. The fraction of sp³-hybridized carbons (Fsp3) is 0.235. The second-order valence-corrected chi connectivity index (χ2v) is 12.0. The highest BCUT2D eigenvalue weighted by Crippen LogP contribution is 2.28. The standard InChI is InChI=1S/C34H37N3O4S/c1-4-29-17-11-12-18-31(29)37(42(40,41)30-21-19-26(2)20-22-30)25-33(38)36(24-28-15-9-6-10-16-28)32(34(39)35-3)23-27-13-7-5-8-14-27/h5-22,32H,4,23-25H2,1-3H3,(H,35,39)/t32-/m0/s1. The summed E-state index contributed by atoms with van der Waals surface area (Å²) in [7, 11) is -2.59. The fourth-order valence-electron chi connectivity index (χ4n) is 4.90. The van der Waals surface area contributed by atoms with Crippen LogP contribution in [0, 0.1) is 6.92 Å². The molecule has 7 nitrogen and oxygen atoms in total. The molecule has 0 aliphatic heterocycles. The molecule has 2 amide bonds. The van der Waals surface area contributed by atoms with Crippen molar-refractivity contribution in [2.45, 2.75) is 44.2 Å². The molecule has 1 atom stereocenters. The monoisotopic (exact) mass is 583 g/mol. The number of benzene rings is 4. The molecule has 4 rings (SSSR count). The third-order valence-corrected chi connectivity index (χ3v) is 9.02. The van der Waals surface area contributed by atoms with Crippen molar-refractivity contribution < 1.29 is 18.0 Å². The highest BCUT2D eigenvalue weighted by molar-refractivity contribution is 7.92. The number of aryl methyl sites for hydroxylation is 2. The third-order valence-electron chi connectivity index (χ3n) is 7.24. The number of carbonyl (C=O) groups is 2. The summed E-state index contributed by atoms with van der Waals surface area (Å²) < 4.78 is 29.5. The van der Waals surface area contributed by atoms with Gasteiger partial charge in [-0.05, 0) is 48.2 Å². The van der Waals surface area contributed by atoms with Crippen molar-refractivity contribution in [3.05, 3.63) is 131 Å². The van der Waals surface area contributed by atoms with Crippen LogP contribution >= 0.6 is 0 Å². The molecule has 0 unspecified atom stereocenters. The van der Waals surface area contributed by atoms with E-state index in [1.165, 1.54) is 16.3 Å². The van der Waals surface area contributed by atoms with E-state index >= 15 is 0 Å². The van der Waals surface area contributed by atoms with Crippen molar-refractivity contribution in [2.24, 2.45) is 0 Å². The Morgan fingerprint density at radius 1 is 0.786 bits per heavy atom. The summed E-state index contributed by atoms with van der Waals surface area (Å²) in [4.78, 5) is 29.3. The number of carbonyl (C=O) groups excluding carboxylic acids is 2. The molecule has 0 radical (unpaired) electrons. The van der Waals surface area contributed by atoms with Crippen molar-refractivity contribution in [1.29, 1.82) is 0 Å². The van der Waals surface area contributed by atoms with E-state index in [1.54, 1.807) is 36.4 Å². The van der Waals surface area contributed by atoms with E-state index in [9.17, 15) is 18.0 Å². The minimum atomic E-state index is -4.13. The van der Waals surface area contributed by atoms with Gasteiger partial charge in [-0.3, -0.25) is 13.9 Å². The Morgan fingerprint density at radius 3 is 1.95 bits per heavy atom. The number of amides is 2. The molecule has 0 spiro atoms. The van der Waals surface area contributed by atoms with Crippen LogP contribution in [-0.2, 0) is 39.0 Å². The van der Waals surface area contributed by atoms with E-state index in [-0.39, 0.29) is 23.8 Å². The van der Waals surface area contributed by atoms with Crippen molar-refractivity contribution in [3.8, 4) is 0 Å². The molecule has 0 fully saturated rings. The Labute approximate surface area is 248 Å². The second kappa shape index (κ2) is 14.0. The fourth-order valence-corrected chi connectivity index (χ4v) is 6.36. The lowest BCUT2D eigenvalue weighted by atomic mass is 10.0. The Morgan fingerprint density at radius 2 is 1.36 bits per heavy atom. The van der Waals surface area contributed by atoms with E-state index < -0.39 is 28.5 Å². The lowest BCUT2D eigenvalue weighted by molar-refractivity contribution is -0.139. The molecule has 8 heteroatoms. The van der Waals surface area contributed by atoms with E-state index in [2.05, 4.69) is 5.32 Å². The summed E-state index contributed by atoms with van der Waals surface area (Å²) in [5.74, 6) is -0.810. The summed E-state index contributed by atoms with van der Waals surface area (Å²) in [6, 6.07) is 31.8. The predicted octanol–water partition coefficient (Wildman–Crippen LogP) is 5.14. The molecule has 0 aromatic heterocycles. The van der Waals surface area contributed by atoms with Crippen LogP contribution in [0.1, 0.15) is 29.2 Å². The molecule has 0 bridgehead atoms. The van der Waals surface area contributed by atoms with Gasteiger partial charge in [0.05, 0.1) is 10.6 Å². The molecule has 4 aromatic carbocycles. The first-order chi connectivity index (χ1) is 20.2. The van der Waals surface area contributed by atoms with Crippen LogP contribution in [0.15, 0.2) is 114 Å². The lowest BCUT2D eigenvalue weighted by Crippen LogP contribution is -2.53. The van der Waals surface area contributed by atoms with E-state index in [4.69, 9.17) is 0 Å². The Balaban J connectivity index is 1.80. The molecule has 4 aromatic rings.